The van der Waals surface area contributed by atoms with E-state index >= 15 is 0 Å². The summed E-state index contributed by atoms with van der Waals surface area (Å²) < 4.78 is 28.4. The predicted molar refractivity (Wildman–Crippen MR) is 129 cm³/mol. The molecule has 5 heterocycles. The van der Waals surface area contributed by atoms with E-state index in [9.17, 15) is 14.0 Å². The third-order valence-corrected chi connectivity index (χ3v) is 7.48. The van der Waals surface area contributed by atoms with Crippen molar-refractivity contribution >= 4 is 22.6 Å². The number of hydrogen-bond donors (Lipinski definition) is 1. The van der Waals surface area contributed by atoms with Gasteiger partial charge < -0.3 is 19.4 Å². The zero-order chi connectivity index (χ0) is 24.6. The normalized spacial score (nSPS) is 26.1. The second-order valence-electron chi connectivity index (χ2n) is 10.7. The zero-order valence-electron chi connectivity index (χ0n) is 20.0. The molecule has 0 radical (unpaired) electrons. The minimum Gasteiger partial charge on any atom is -0.474 e. The smallest absolute Gasteiger partial charge is 0.274 e. The number of carbonyl (C=O) groups excluding carboxylic acids is 1. The number of aromatic nitrogens is 4. The Hall–Kier alpha value is -3.27. The van der Waals surface area contributed by atoms with Gasteiger partial charge in [0.25, 0.3) is 11.5 Å². The molecule has 10 heteroatoms. The van der Waals surface area contributed by atoms with Crippen LogP contribution in [0.4, 0.5) is 10.1 Å². The number of nitrogens with one attached hydrogen (secondary N) is 1. The van der Waals surface area contributed by atoms with Crippen molar-refractivity contribution in [2.24, 2.45) is 0 Å². The second-order valence-corrected chi connectivity index (χ2v) is 10.7. The number of amides is 1. The van der Waals surface area contributed by atoms with E-state index in [4.69, 9.17) is 9.47 Å². The van der Waals surface area contributed by atoms with Gasteiger partial charge >= 0.3 is 0 Å². The monoisotopic (exact) mass is 483 g/mol. The van der Waals surface area contributed by atoms with Crippen LogP contribution in [0.25, 0.3) is 11.0 Å². The summed E-state index contributed by atoms with van der Waals surface area (Å²) in [7, 11) is 0. The molecule has 2 bridgehead atoms. The average Bonchev–Trinajstić information content (AvgIpc) is 3.15. The summed E-state index contributed by atoms with van der Waals surface area (Å²) in [6.45, 7) is 5.60. The van der Waals surface area contributed by atoms with E-state index in [0.29, 0.717) is 30.5 Å². The largest absolute Gasteiger partial charge is 0.474 e. The maximum Gasteiger partial charge on any atom is 0.274 e. The van der Waals surface area contributed by atoms with E-state index in [-0.39, 0.29) is 41.3 Å². The van der Waals surface area contributed by atoms with Crippen molar-refractivity contribution in [1.82, 2.24) is 19.3 Å². The molecule has 0 spiro atoms. The van der Waals surface area contributed by atoms with Crippen molar-refractivity contribution in [2.45, 2.75) is 69.2 Å². The maximum absolute atomic E-state index is 13.4. The molecule has 2 aliphatic heterocycles. The first kappa shape index (κ1) is 22.2. The van der Waals surface area contributed by atoms with Crippen LogP contribution < -0.4 is 15.6 Å². The van der Waals surface area contributed by atoms with Crippen molar-refractivity contribution in [1.29, 1.82) is 0 Å². The summed E-state index contributed by atoms with van der Waals surface area (Å²) in [5, 5.41) is 8.03. The summed E-state index contributed by atoms with van der Waals surface area (Å²) in [5.41, 5.74) is -0.661. The predicted octanol–water partition coefficient (Wildman–Crippen LogP) is 3.62. The highest BCUT2D eigenvalue weighted by Crippen LogP contribution is 2.56. The number of halogens is 1. The van der Waals surface area contributed by atoms with Crippen molar-refractivity contribution in [2.75, 3.05) is 18.6 Å². The van der Waals surface area contributed by atoms with E-state index in [2.05, 4.69) is 15.4 Å². The van der Waals surface area contributed by atoms with Crippen molar-refractivity contribution in [3.8, 4) is 5.88 Å². The lowest BCUT2D eigenvalue weighted by atomic mass is 9.69. The van der Waals surface area contributed by atoms with Crippen molar-refractivity contribution in [3.63, 3.8) is 0 Å². The number of anilines is 1. The van der Waals surface area contributed by atoms with E-state index in [1.807, 2.05) is 27.0 Å². The number of rotatable bonds is 7. The number of fused-ring (bicyclic) bond motifs is 2. The van der Waals surface area contributed by atoms with Crippen LogP contribution in [-0.2, 0) is 15.8 Å². The Bertz CT molecular complexity index is 1410. The van der Waals surface area contributed by atoms with Crippen molar-refractivity contribution < 1.29 is 20.1 Å². The third kappa shape index (κ3) is 3.45. The molecule has 2 saturated heterocycles. The Kier molecular flexibility index (Phi) is 4.67. The van der Waals surface area contributed by atoms with Crippen LogP contribution in [0.15, 0.2) is 35.4 Å². The van der Waals surface area contributed by atoms with E-state index < -0.39 is 18.2 Å². The first-order valence-electron chi connectivity index (χ1n) is 12.0. The van der Waals surface area contributed by atoms with Gasteiger partial charge in [0, 0.05) is 37.6 Å². The molecule has 0 aromatic carbocycles. The maximum atomic E-state index is 13.4. The average molecular weight is 484 g/mol. The van der Waals surface area contributed by atoms with Crippen LogP contribution in [0, 0.1) is 0 Å². The molecule has 3 aromatic rings. The van der Waals surface area contributed by atoms with Gasteiger partial charge in [-0.15, -0.1) is 0 Å². The quantitative estimate of drug-likeness (QED) is 0.551. The highest BCUT2D eigenvalue weighted by Gasteiger charge is 2.64. The van der Waals surface area contributed by atoms with E-state index in [1.165, 1.54) is 0 Å². The molecule has 0 unspecified atom stereocenters. The Labute approximate surface area is 202 Å². The number of nitrogens with zero attached hydrogens (tertiary/aromatic N) is 4. The van der Waals surface area contributed by atoms with E-state index in [1.54, 1.807) is 33.6 Å². The lowest BCUT2D eigenvalue weighted by molar-refractivity contribution is -0.0336. The van der Waals surface area contributed by atoms with Crippen LogP contribution in [0.2, 0.25) is 0 Å². The number of alkyl halides is 1. The summed E-state index contributed by atoms with van der Waals surface area (Å²) in [6.07, 6.45) is 6.33. The lowest BCUT2D eigenvalue weighted by Crippen LogP contribution is -2.52. The van der Waals surface area contributed by atoms with Crippen LogP contribution in [0.1, 0.15) is 58.2 Å². The number of ether oxygens (including phenoxy) is 2. The summed E-state index contributed by atoms with van der Waals surface area (Å²) in [5.74, 6) is -0.339. The molecule has 0 atom stereocenters. The fourth-order valence-corrected chi connectivity index (χ4v) is 5.29. The fourth-order valence-electron chi connectivity index (χ4n) is 5.29. The molecule has 3 aromatic heterocycles. The number of hydrogen-bond acceptors (Lipinski definition) is 6. The molecular weight excluding hydrogens is 453 g/mol. The lowest BCUT2D eigenvalue weighted by Gasteiger charge is -2.42. The first-order chi connectivity index (χ1) is 16.7. The Morgan fingerprint density at radius 1 is 1.37 bits per heavy atom. The number of carbonyl (C=O) groups is 1. The van der Waals surface area contributed by atoms with Crippen LogP contribution >= 0.6 is 0 Å². The molecular formula is C25H30FN5O4. The molecule has 2 saturated carbocycles. The topological polar surface area (TPSA) is 100 Å². The van der Waals surface area contributed by atoms with Gasteiger partial charge in [0.2, 0.25) is 5.88 Å². The zero-order valence-corrected chi connectivity index (χ0v) is 20.0. The van der Waals surface area contributed by atoms with Gasteiger partial charge in [0.05, 0.1) is 18.2 Å². The van der Waals surface area contributed by atoms with Gasteiger partial charge in [-0.25, -0.2) is 4.39 Å². The van der Waals surface area contributed by atoms with Crippen molar-refractivity contribution in [3.05, 3.63) is 46.5 Å². The summed E-state index contributed by atoms with van der Waals surface area (Å²) >= 11 is 0. The SMILES string of the molecule is CC(C)Oc1nc2nn(C34COC(CF)(C3)C4)cc2cc1C(=O)Nc1cccn(C2(C)CC2)c1=O.[HH]. The molecule has 1 N–H and O–H groups in total. The number of pyridine rings is 2. The first-order valence-corrected chi connectivity index (χ1v) is 12.0. The van der Waals surface area contributed by atoms with Gasteiger partial charge in [-0.3, -0.25) is 14.3 Å². The standard InChI is InChI=1S/C25H28FN5O4.H2/c1-15(2)35-21-17(20(32)27-18-5-4-8-30(22(18)33)23(3)6-7-23)9-16-10-31(29-19(16)28-21)24-11-25(12-24,13-26)34-14-24;/h4-5,8-10,15H,6-7,11-14H2,1-3H3,(H,27,32);1H. The molecule has 4 fully saturated rings. The molecule has 1 amide bonds. The highest BCUT2D eigenvalue weighted by atomic mass is 19.1. The van der Waals surface area contributed by atoms with Gasteiger partial charge in [-0.1, -0.05) is 0 Å². The van der Waals surface area contributed by atoms with Gasteiger partial charge in [-0.2, -0.15) is 10.1 Å². The molecule has 4 aliphatic rings. The van der Waals surface area contributed by atoms with E-state index in [0.717, 1.165) is 12.8 Å². The third-order valence-electron chi connectivity index (χ3n) is 7.48. The van der Waals surface area contributed by atoms with Crippen LogP contribution in [0.3, 0.4) is 0 Å². The van der Waals surface area contributed by atoms with Gasteiger partial charge in [0.15, 0.2) is 5.65 Å². The van der Waals surface area contributed by atoms with Crippen LogP contribution in [0.5, 0.6) is 5.88 Å². The molecule has 2 aliphatic carbocycles. The van der Waals surface area contributed by atoms with Gasteiger partial charge in [0.1, 0.15) is 23.5 Å². The molecule has 7 rings (SSSR count). The molecule has 186 valence electrons. The molecule has 9 nitrogen and oxygen atoms in total. The summed E-state index contributed by atoms with van der Waals surface area (Å²) in [4.78, 5) is 30.9. The Balaban J connectivity index is 0.00000267. The van der Waals surface area contributed by atoms with Crippen LogP contribution in [-0.4, -0.2) is 50.2 Å². The Morgan fingerprint density at radius 2 is 2.14 bits per heavy atom. The fraction of sp³-hybridized carbons (Fsp3) is 0.520. The summed E-state index contributed by atoms with van der Waals surface area (Å²) in [6, 6.07) is 5.04. The molecule has 35 heavy (non-hydrogen) atoms. The van der Waals surface area contributed by atoms with Gasteiger partial charge in [-0.05, 0) is 51.8 Å². The highest BCUT2D eigenvalue weighted by molar-refractivity contribution is 6.07. The second kappa shape index (κ2) is 7.36. The minimum atomic E-state index is -0.692. The minimum absolute atomic E-state index is 0. The Morgan fingerprint density at radius 3 is 2.80 bits per heavy atom.